The van der Waals surface area contributed by atoms with Crippen molar-refractivity contribution in [2.24, 2.45) is 5.92 Å². The second-order valence-electron chi connectivity index (χ2n) is 2.46. The number of allylic oxidation sites excluding steroid dienone is 2. The number of hydrogen-bond acceptors (Lipinski definition) is 0. The topological polar surface area (TPSA) is 0 Å². The molecule has 0 unspecified atom stereocenters. The Kier molecular flexibility index (Phi) is 1.18. The van der Waals surface area contributed by atoms with Crippen LogP contribution in [-0.4, -0.2) is 0 Å². The second kappa shape index (κ2) is 1.69. The third kappa shape index (κ3) is 0.846. The first-order valence-electron chi connectivity index (χ1n) is 2.97. The number of rotatable bonds is 0. The monoisotopic (exact) mass is 96.1 g/mol. The lowest BCUT2D eigenvalue weighted by Gasteiger charge is -2.24. The van der Waals surface area contributed by atoms with Crippen LogP contribution in [0.3, 0.4) is 0 Å². The van der Waals surface area contributed by atoms with Crippen LogP contribution in [-0.2, 0) is 0 Å². The van der Waals surface area contributed by atoms with Gasteiger partial charge in [0.15, 0.2) is 0 Å². The van der Waals surface area contributed by atoms with E-state index >= 15 is 0 Å². The zero-order valence-corrected chi connectivity index (χ0v) is 5.07. The van der Waals surface area contributed by atoms with E-state index < -0.39 is 0 Å². The molecule has 0 radical (unpaired) electrons. The molecular weight excluding hydrogens is 84.1 g/mol. The molecule has 0 aliphatic heterocycles. The minimum atomic E-state index is 0.978. The summed E-state index contributed by atoms with van der Waals surface area (Å²) in [6.45, 7) is 4.42. The lowest BCUT2D eigenvalue weighted by molar-refractivity contribution is 0.459. The van der Waals surface area contributed by atoms with Gasteiger partial charge in [0, 0.05) is 0 Å². The van der Waals surface area contributed by atoms with Crippen molar-refractivity contribution < 1.29 is 0 Å². The molecule has 1 aliphatic rings. The Morgan fingerprint density at radius 2 is 2.14 bits per heavy atom. The van der Waals surface area contributed by atoms with E-state index in [2.05, 4.69) is 19.9 Å². The fourth-order valence-electron chi connectivity index (χ4n) is 1.07. The maximum atomic E-state index is 2.30. The van der Waals surface area contributed by atoms with E-state index in [1.54, 1.807) is 5.57 Å². The molecule has 0 nitrogen and oxygen atoms in total. The highest BCUT2D eigenvalue weighted by Gasteiger charge is 2.15. The van der Waals surface area contributed by atoms with Crippen LogP contribution in [0.2, 0.25) is 0 Å². The van der Waals surface area contributed by atoms with E-state index in [1.165, 1.54) is 12.8 Å². The summed E-state index contributed by atoms with van der Waals surface area (Å²) >= 11 is 0. The third-order valence-electron chi connectivity index (χ3n) is 1.63. The van der Waals surface area contributed by atoms with Crippen LogP contribution in [0.1, 0.15) is 26.7 Å². The maximum absolute atomic E-state index is 2.30. The first-order chi connectivity index (χ1) is 3.33. The summed E-state index contributed by atoms with van der Waals surface area (Å²) in [5.74, 6) is 0.978. The van der Waals surface area contributed by atoms with E-state index in [0.29, 0.717) is 0 Å². The van der Waals surface area contributed by atoms with Crippen molar-refractivity contribution in [3.8, 4) is 0 Å². The Morgan fingerprint density at radius 3 is 2.29 bits per heavy atom. The van der Waals surface area contributed by atoms with Crippen molar-refractivity contribution in [1.29, 1.82) is 0 Å². The first kappa shape index (κ1) is 4.89. The smallest absolute Gasteiger partial charge is 0.0291 e. The predicted molar refractivity (Wildman–Crippen MR) is 32.2 cm³/mol. The molecule has 1 saturated carbocycles. The van der Waals surface area contributed by atoms with E-state index in [-0.39, 0.29) is 0 Å². The summed E-state index contributed by atoms with van der Waals surface area (Å²) in [6.07, 6.45) is 4.95. The molecule has 0 bridgehead atoms. The second-order valence-corrected chi connectivity index (χ2v) is 2.46. The normalized spacial score (nSPS) is 29.4. The lowest BCUT2D eigenvalue weighted by atomic mass is 9.82. The van der Waals surface area contributed by atoms with Gasteiger partial charge < -0.3 is 0 Å². The summed E-state index contributed by atoms with van der Waals surface area (Å²) in [6, 6.07) is 0. The molecule has 0 spiro atoms. The van der Waals surface area contributed by atoms with Gasteiger partial charge in [0.1, 0.15) is 0 Å². The van der Waals surface area contributed by atoms with E-state index in [4.69, 9.17) is 0 Å². The largest absolute Gasteiger partial charge is 0.0884 e. The average Bonchev–Trinajstić information content (AvgIpc) is 1.58. The zero-order chi connectivity index (χ0) is 5.28. The zero-order valence-electron chi connectivity index (χ0n) is 5.07. The molecule has 0 aromatic heterocycles. The maximum Gasteiger partial charge on any atom is -0.0291 e. The van der Waals surface area contributed by atoms with Crippen LogP contribution in [0.15, 0.2) is 11.6 Å². The summed E-state index contributed by atoms with van der Waals surface area (Å²) in [5, 5.41) is 0. The minimum absolute atomic E-state index is 0.978. The molecule has 0 N–H and O–H groups in total. The first-order valence-corrected chi connectivity index (χ1v) is 2.97. The van der Waals surface area contributed by atoms with Crippen molar-refractivity contribution in [3.05, 3.63) is 11.6 Å². The molecule has 40 valence electrons. The van der Waals surface area contributed by atoms with Gasteiger partial charge in [-0.25, -0.2) is 0 Å². The van der Waals surface area contributed by atoms with E-state index in [1.807, 2.05) is 0 Å². The van der Waals surface area contributed by atoms with Gasteiger partial charge in [-0.2, -0.15) is 0 Å². The summed E-state index contributed by atoms with van der Waals surface area (Å²) < 4.78 is 0. The van der Waals surface area contributed by atoms with Crippen molar-refractivity contribution in [2.75, 3.05) is 0 Å². The van der Waals surface area contributed by atoms with Gasteiger partial charge in [-0.15, -0.1) is 0 Å². The van der Waals surface area contributed by atoms with Gasteiger partial charge in [-0.05, 0) is 25.7 Å². The molecule has 0 aromatic carbocycles. The Bertz CT molecular complexity index is 82.2. The van der Waals surface area contributed by atoms with E-state index in [0.717, 1.165) is 5.92 Å². The molecule has 0 heteroatoms. The molecular formula is C7H12. The van der Waals surface area contributed by atoms with Crippen LogP contribution >= 0.6 is 0 Å². The fourth-order valence-corrected chi connectivity index (χ4v) is 1.07. The van der Waals surface area contributed by atoms with Gasteiger partial charge in [-0.1, -0.05) is 18.6 Å². The van der Waals surface area contributed by atoms with Gasteiger partial charge in [0.05, 0.1) is 0 Å². The fraction of sp³-hybridized carbons (Fsp3) is 0.714. The van der Waals surface area contributed by atoms with E-state index in [9.17, 15) is 0 Å². The van der Waals surface area contributed by atoms with Gasteiger partial charge in [-0.3, -0.25) is 0 Å². The van der Waals surface area contributed by atoms with Crippen molar-refractivity contribution in [3.63, 3.8) is 0 Å². The number of hydrogen-bond donors (Lipinski definition) is 0. The van der Waals surface area contributed by atoms with Crippen molar-refractivity contribution in [2.45, 2.75) is 26.7 Å². The summed E-state index contributed by atoms with van der Waals surface area (Å²) in [5.41, 5.74) is 1.65. The van der Waals surface area contributed by atoms with Crippen LogP contribution in [0.25, 0.3) is 0 Å². The Morgan fingerprint density at radius 1 is 1.57 bits per heavy atom. The molecule has 1 aliphatic carbocycles. The molecule has 0 heterocycles. The highest BCUT2D eigenvalue weighted by molar-refractivity contribution is 5.10. The Labute approximate surface area is 45.2 Å². The van der Waals surface area contributed by atoms with Crippen LogP contribution in [0, 0.1) is 5.92 Å². The molecule has 1 fully saturated rings. The summed E-state index contributed by atoms with van der Waals surface area (Å²) in [4.78, 5) is 0. The van der Waals surface area contributed by atoms with Crippen molar-refractivity contribution >= 4 is 0 Å². The molecule has 1 rings (SSSR count). The predicted octanol–water partition coefficient (Wildman–Crippen LogP) is 2.36. The van der Waals surface area contributed by atoms with Crippen molar-refractivity contribution in [1.82, 2.24) is 0 Å². The SMILES string of the molecule is CC=C1CC(C)C1. The highest BCUT2D eigenvalue weighted by Crippen LogP contribution is 2.31. The molecule has 0 amide bonds. The Balaban J connectivity index is 2.30. The minimum Gasteiger partial charge on any atom is -0.0884 e. The molecule has 0 aromatic rings. The highest BCUT2D eigenvalue weighted by atomic mass is 14.2. The van der Waals surface area contributed by atoms with Gasteiger partial charge >= 0.3 is 0 Å². The van der Waals surface area contributed by atoms with Crippen LogP contribution in [0.5, 0.6) is 0 Å². The lowest BCUT2D eigenvalue weighted by Crippen LogP contribution is -2.09. The van der Waals surface area contributed by atoms with Crippen LogP contribution < -0.4 is 0 Å². The molecule has 0 atom stereocenters. The van der Waals surface area contributed by atoms with Gasteiger partial charge in [0.25, 0.3) is 0 Å². The van der Waals surface area contributed by atoms with Gasteiger partial charge in [0.2, 0.25) is 0 Å². The van der Waals surface area contributed by atoms with Crippen LogP contribution in [0.4, 0.5) is 0 Å². The standard InChI is InChI=1S/C7H12/c1-3-7-4-6(2)5-7/h3,6H,4-5H2,1-2H3. The average molecular weight is 96.2 g/mol. The Hall–Kier alpha value is -0.260. The summed E-state index contributed by atoms with van der Waals surface area (Å²) in [7, 11) is 0. The molecule has 7 heavy (non-hydrogen) atoms. The molecule has 0 saturated heterocycles. The third-order valence-corrected chi connectivity index (χ3v) is 1.63. The quantitative estimate of drug-likeness (QED) is 0.406.